The zero-order valence-corrected chi connectivity index (χ0v) is 12.5. The molecule has 5 nitrogen and oxygen atoms in total. The molecule has 0 aliphatic heterocycles. The maximum absolute atomic E-state index is 11.9. The summed E-state index contributed by atoms with van der Waals surface area (Å²) >= 11 is 0. The quantitative estimate of drug-likeness (QED) is 0.867. The molecule has 20 heavy (non-hydrogen) atoms. The van der Waals surface area contributed by atoms with Gasteiger partial charge in [0.25, 0.3) is 0 Å². The van der Waals surface area contributed by atoms with E-state index in [1.165, 1.54) is 6.92 Å². The van der Waals surface area contributed by atoms with Crippen LogP contribution in [0, 0.1) is 5.92 Å². The third kappa shape index (κ3) is 5.30. The first-order valence-corrected chi connectivity index (χ1v) is 6.61. The van der Waals surface area contributed by atoms with Crippen LogP contribution in [0.15, 0.2) is 24.3 Å². The summed E-state index contributed by atoms with van der Waals surface area (Å²) in [6, 6.07) is 7.06. The van der Waals surface area contributed by atoms with Crippen LogP contribution in [0.3, 0.4) is 0 Å². The van der Waals surface area contributed by atoms with Gasteiger partial charge in [-0.3, -0.25) is 9.59 Å². The van der Waals surface area contributed by atoms with Gasteiger partial charge in [-0.2, -0.15) is 0 Å². The molecular weight excluding hydrogens is 256 g/mol. The molecule has 0 aliphatic carbocycles. The average Bonchev–Trinajstić information content (AvgIpc) is 2.38. The van der Waals surface area contributed by atoms with Crippen molar-refractivity contribution in [2.45, 2.75) is 20.8 Å². The molecule has 0 aliphatic rings. The first kappa shape index (κ1) is 16.0. The van der Waals surface area contributed by atoms with Gasteiger partial charge in [0.15, 0.2) is 0 Å². The maximum Gasteiger partial charge on any atom is 0.243 e. The molecule has 0 saturated heterocycles. The molecule has 5 heteroatoms. The fourth-order valence-electron chi connectivity index (χ4n) is 1.79. The van der Waals surface area contributed by atoms with Crippen LogP contribution in [-0.4, -0.2) is 36.9 Å². The van der Waals surface area contributed by atoms with Crippen LogP contribution in [0.2, 0.25) is 0 Å². The van der Waals surface area contributed by atoms with E-state index >= 15 is 0 Å². The van der Waals surface area contributed by atoms with E-state index in [0.29, 0.717) is 18.2 Å². The van der Waals surface area contributed by atoms with Crippen molar-refractivity contribution in [1.82, 2.24) is 4.90 Å². The minimum absolute atomic E-state index is 0.0690. The molecule has 2 amide bonds. The Hall–Kier alpha value is -2.04. The van der Waals surface area contributed by atoms with E-state index in [-0.39, 0.29) is 18.4 Å². The number of hydrogen-bond donors (Lipinski definition) is 1. The smallest absolute Gasteiger partial charge is 0.243 e. The Morgan fingerprint density at radius 3 is 2.30 bits per heavy atom. The number of benzene rings is 1. The van der Waals surface area contributed by atoms with Crippen molar-refractivity contribution >= 4 is 17.5 Å². The number of rotatable bonds is 6. The van der Waals surface area contributed by atoms with E-state index < -0.39 is 0 Å². The van der Waals surface area contributed by atoms with E-state index in [1.807, 2.05) is 13.8 Å². The fraction of sp³-hybridized carbons (Fsp3) is 0.467. The molecule has 0 radical (unpaired) electrons. The van der Waals surface area contributed by atoms with Crippen LogP contribution in [-0.2, 0) is 9.59 Å². The Labute approximate surface area is 119 Å². The van der Waals surface area contributed by atoms with Gasteiger partial charge in [-0.15, -0.1) is 0 Å². The van der Waals surface area contributed by atoms with Gasteiger partial charge in [0.05, 0.1) is 13.7 Å². The first-order valence-electron chi connectivity index (χ1n) is 6.61. The summed E-state index contributed by atoms with van der Waals surface area (Å²) in [5.74, 6) is 0.760. The molecule has 0 fully saturated rings. The number of ether oxygens (including phenoxy) is 1. The SMILES string of the molecule is COc1ccc(NC(=O)CN(CC(C)C)C(C)=O)cc1. The monoisotopic (exact) mass is 278 g/mol. The highest BCUT2D eigenvalue weighted by atomic mass is 16.5. The predicted molar refractivity (Wildman–Crippen MR) is 78.7 cm³/mol. The Morgan fingerprint density at radius 2 is 1.85 bits per heavy atom. The fourth-order valence-corrected chi connectivity index (χ4v) is 1.79. The largest absolute Gasteiger partial charge is 0.497 e. The van der Waals surface area contributed by atoms with Crippen LogP contribution in [0.5, 0.6) is 5.75 Å². The second-order valence-electron chi connectivity index (χ2n) is 5.07. The van der Waals surface area contributed by atoms with Crippen molar-refractivity contribution < 1.29 is 14.3 Å². The molecule has 1 rings (SSSR count). The molecule has 0 atom stereocenters. The Bertz CT molecular complexity index is 455. The Kier molecular flexibility index (Phi) is 6.03. The molecular formula is C15H22N2O3. The van der Waals surface area contributed by atoms with Gasteiger partial charge in [-0.1, -0.05) is 13.8 Å². The molecule has 0 bridgehead atoms. The lowest BCUT2D eigenvalue weighted by Crippen LogP contribution is -2.38. The molecule has 110 valence electrons. The molecule has 1 aromatic rings. The summed E-state index contributed by atoms with van der Waals surface area (Å²) in [6.45, 7) is 6.14. The Balaban J connectivity index is 2.58. The lowest BCUT2D eigenvalue weighted by Gasteiger charge is -2.22. The lowest BCUT2D eigenvalue weighted by molar-refractivity contribution is -0.133. The summed E-state index contributed by atoms with van der Waals surface area (Å²) in [6.07, 6.45) is 0. The number of hydrogen-bond acceptors (Lipinski definition) is 3. The van der Waals surface area contributed by atoms with E-state index in [0.717, 1.165) is 5.75 Å². The van der Waals surface area contributed by atoms with Gasteiger partial charge >= 0.3 is 0 Å². The number of nitrogens with zero attached hydrogens (tertiary/aromatic N) is 1. The molecule has 0 saturated carbocycles. The molecule has 0 aromatic heterocycles. The van der Waals surface area contributed by atoms with E-state index in [1.54, 1.807) is 36.3 Å². The average molecular weight is 278 g/mol. The molecule has 0 spiro atoms. The van der Waals surface area contributed by atoms with Gasteiger partial charge in [-0.05, 0) is 30.2 Å². The van der Waals surface area contributed by atoms with Gasteiger partial charge in [0.2, 0.25) is 11.8 Å². The van der Waals surface area contributed by atoms with Gasteiger partial charge in [0, 0.05) is 19.2 Å². The summed E-state index contributed by atoms with van der Waals surface area (Å²) in [4.78, 5) is 25.0. The Morgan fingerprint density at radius 1 is 1.25 bits per heavy atom. The van der Waals surface area contributed by atoms with Crippen LogP contribution in [0.1, 0.15) is 20.8 Å². The number of amides is 2. The van der Waals surface area contributed by atoms with Crippen molar-refractivity contribution in [3.05, 3.63) is 24.3 Å². The van der Waals surface area contributed by atoms with Gasteiger partial charge in [0.1, 0.15) is 5.75 Å². The minimum Gasteiger partial charge on any atom is -0.497 e. The van der Waals surface area contributed by atoms with Crippen molar-refractivity contribution in [3.63, 3.8) is 0 Å². The predicted octanol–water partition coefficient (Wildman–Crippen LogP) is 2.14. The normalized spacial score (nSPS) is 10.2. The topological polar surface area (TPSA) is 58.6 Å². The molecule has 0 unspecified atom stereocenters. The van der Waals surface area contributed by atoms with Crippen molar-refractivity contribution in [1.29, 1.82) is 0 Å². The van der Waals surface area contributed by atoms with Crippen LogP contribution < -0.4 is 10.1 Å². The van der Waals surface area contributed by atoms with Crippen molar-refractivity contribution in [3.8, 4) is 5.75 Å². The number of carbonyl (C=O) groups is 2. The zero-order chi connectivity index (χ0) is 15.1. The zero-order valence-electron chi connectivity index (χ0n) is 12.5. The number of anilines is 1. The van der Waals surface area contributed by atoms with Crippen molar-refractivity contribution in [2.24, 2.45) is 5.92 Å². The minimum atomic E-state index is -0.203. The van der Waals surface area contributed by atoms with E-state index in [9.17, 15) is 9.59 Å². The third-order valence-corrected chi connectivity index (χ3v) is 2.74. The highest BCUT2D eigenvalue weighted by Crippen LogP contribution is 2.14. The third-order valence-electron chi connectivity index (χ3n) is 2.74. The van der Waals surface area contributed by atoms with E-state index in [2.05, 4.69) is 5.32 Å². The molecule has 1 aromatic carbocycles. The highest BCUT2D eigenvalue weighted by Gasteiger charge is 2.14. The standard InChI is InChI=1S/C15H22N2O3/c1-11(2)9-17(12(3)18)10-15(19)16-13-5-7-14(20-4)8-6-13/h5-8,11H,9-10H2,1-4H3,(H,16,19). The number of methoxy groups -OCH3 is 1. The lowest BCUT2D eigenvalue weighted by atomic mass is 10.2. The number of carbonyl (C=O) groups excluding carboxylic acids is 2. The summed E-state index contributed by atoms with van der Waals surface area (Å²) in [5, 5.41) is 2.76. The number of nitrogens with one attached hydrogen (secondary N) is 1. The van der Waals surface area contributed by atoms with Gasteiger partial charge < -0.3 is 15.0 Å². The molecule has 0 heterocycles. The van der Waals surface area contributed by atoms with Crippen molar-refractivity contribution in [2.75, 3.05) is 25.5 Å². The second kappa shape index (κ2) is 7.53. The van der Waals surface area contributed by atoms with Crippen LogP contribution in [0.4, 0.5) is 5.69 Å². The summed E-state index contributed by atoms with van der Waals surface area (Å²) in [7, 11) is 1.59. The highest BCUT2D eigenvalue weighted by molar-refractivity contribution is 5.94. The van der Waals surface area contributed by atoms with Gasteiger partial charge in [-0.25, -0.2) is 0 Å². The summed E-state index contributed by atoms with van der Waals surface area (Å²) < 4.78 is 5.05. The van der Waals surface area contributed by atoms with Crippen LogP contribution >= 0.6 is 0 Å². The molecule has 1 N–H and O–H groups in total. The van der Waals surface area contributed by atoms with Crippen LogP contribution in [0.25, 0.3) is 0 Å². The first-order chi connectivity index (χ1) is 9.42. The second-order valence-corrected chi connectivity index (χ2v) is 5.07. The maximum atomic E-state index is 11.9. The summed E-state index contributed by atoms with van der Waals surface area (Å²) in [5.41, 5.74) is 0.684. The van der Waals surface area contributed by atoms with E-state index in [4.69, 9.17) is 4.74 Å².